The molecule has 0 radical (unpaired) electrons. The van der Waals surface area contributed by atoms with Crippen LogP contribution in [0.15, 0.2) is 47.5 Å². The van der Waals surface area contributed by atoms with Crippen molar-refractivity contribution in [2.24, 2.45) is 4.99 Å². The molecule has 1 heterocycles. The SMILES string of the molecule is CC1(C)COC(c2ccc3c(c2)C(CCO)c2ccccc2CC3)=N1. The van der Waals surface area contributed by atoms with Crippen LogP contribution in [0.2, 0.25) is 0 Å². The largest absolute Gasteiger partial charge is 0.475 e. The highest BCUT2D eigenvalue weighted by Gasteiger charge is 2.29. The molecule has 1 aliphatic heterocycles. The van der Waals surface area contributed by atoms with Crippen LogP contribution in [0.25, 0.3) is 0 Å². The van der Waals surface area contributed by atoms with E-state index in [1.807, 2.05) is 0 Å². The molecule has 4 rings (SSSR count). The Bertz CT molecular complexity index is 823. The van der Waals surface area contributed by atoms with E-state index in [9.17, 15) is 5.11 Å². The summed E-state index contributed by atoms with van der Waals surface area (Å²) >= 11 is 0. The Labute approximate surface area is 149 Å². The molecule has 0 saturated heterocycles. The van der Waals surface area contributed by atoms with E-state index in [1.54, 1.807) is 0 Å². The number of aliphatic hydroxyl groups excluding tert-OH is 1. The maximum absolute atomic E-state index is 9.66. The van der Waals surface area contributed by atoms with E-state index in [0.29, 0.717) is 6.61 Å². The molecule has 25 heavy (non-hydrogen) atoms. The Balaban J connectivity index is 1.80. The summed E-state index contributed by atoms with van der Waals surface area (Å²) in [6, 6.07) is 15.2. The maximum atomic E-state index is 9.66. The van der Waals surface area contributed by atoms with E-state index in [0.717, 1.165) is 30.7 Å². The van der Waals surface area contributed by atoms with Crippen molar-refractivity contribution in [1.29, 1.82) is 0 Å². The summed E-state index contributed by atoms with van der Waals surface area (Å²) < 4.78 is 5.84. The number of benzene rings is 2. The van der Waals surface area contributed by atoms with Crippen molar-refractivity contribution in [2.45, 2.75) is 44.6 Å². The van der Waals surface area contributed by atoms with Crippen LogP contribution in [-0.4, -0.2) is 29.8 Å². The molecule has 1 unspecified atom stereocenters. The van der Waals surface area contributed by atoms with Crippen LogP contribution in [0, 0.1) is 0 Å². The highest BCUT2D eigenvalue weighted by Crippen LogP contribution is 2.37. The molecule has 0 fully saturated rings. The molecule has 0 spiro atoms. The lowest BCUT2D eigenvalue weighted by atomic mass is 9.85. The predicted molar refractivity (Wildman–Crippen MR) is 100 cm³/mol. The van der Waals surface area contributed by atoms with Crippen LogP contribution in [0.3, 0.4) is 0 Å². The summed E-state index contributed by atoms with van der Waals surface area (Å²) in [6.07, 6.45) is 2.83. The third kappa shape index (κ3) is 3.09. The minimum atomic E-state index is -0.154. The molecule has 2 aliphatic rings. The fourth-order valence-electron chi connectivity index (χ4n) is 3.99. The van der Waals surface area contributed by atoms with Gasteiger partial charge in [-0.3, -0.25) is 0 Å². The lowest BCUT2D eigenvalue weighted by molar-refractivity contribution is 0.279. The minimum absolute atomic E-state index is 0.154. The predicted octanol–water partition coefficient (Wildman–Crippen LogP) is 3.85. The number of rotatable bonds is 3. The van der Waals surface area contributed by atoms with Gasteiger partial charge in [0, 0.05) is 18.1 Å². The summed E-state index contributed by atoms with van der Waals surface area (Å²) in [7, 11) is 0. The number of aliphatic hydroxyl groups is 1. The van der Waals surface area contributed by atoms with Crippen molar-refractivity contribution in [3.8, 4) is 0 Å². The van der Waals surface area contributed by atoms with E-state index < -0.39 is 0 Å². The van der Waals surface area contributed by atoms with E-state index in [1.165, 1.54) is 22.3 Å². The van der Waals surface area contributed by atoms with Crippen molar-refractivity contribution in [1.82, 2.24) is 0 Å². The molecular formula is C22H25NO2. The molecule has 3 heteroatoms. The first-order valence-electron chi connectivity index (χ1n) is 9.12. The molecule has 1 aliphatic carbocycles. The van der Waals surface area contributed by atoms with Gasteiger partial charge in [0.1, 0.15) is 6.61 Å². The smallest absolute Gasteiger partial charge is 0.216 e. The number of nitrogens with zero attached hydrogens (tertiary/aromatic N) is 1. The van der Waals surface area contributed by atoms with E-state index in [-0.39, 0.29) is 18.1 Å². The lowest BCUT2D eigenvalue weighted by Gasteiger charge is -2.20. The summed E-state index contributed by atoms with van der Waals surface area (Å²) in [6.45, 7) is 5.00. The first-order valence-corrected chi connectivity index (χ1v) is 9.12. The third-order valence-electron chi connectivity index (χ3n) is 5.25. The number of aliphatic imine (C=N–C) groups is 1. The number of aryl methyl sites for hydroxylation is 2. The van der Waals surface area contributed by atoms with Crippen molar-refractivity contribution < 1.29 is 9.84 Å². The highest BCUT2D eigenvalue weighted by atomic mass is 16.5. The molecule has 0 bridgehead atoms. The monoisotopic (exact) mass is 335 g/mol. The Morgan fingerprint density at radius 2 is 1.84 bits per heavy atom. The van der Waals surface area contributed by atoms with Gasteiger partial charge < -0.3 is 9.84 Å². The normalized spacial score (nSPS) is 20.9. The Hall–Kier alpha value is -2.13. The van der Waals surface area contributed by atoms with E-state index >= 15 is 0 Å². The number of hydrogen-bond donors (Lipinski definition) is 1. The lowest BCUT2D eigenvalue weighted by Crippen LogP contribution is -2.17. The van der Waals surface area contributed by atoms with Gasteiger partial charge in [-0.2, -0.15) is 0 Å². The summed E-state index contributed by atoms with van der Waals surface area (Å²) in [5.74, 6) is 0.974. The van der Waals surface area contributed by atoms with Crippen LogP contribution in [0.5, 0.6) is 0 Å². The third-order valence-corrected chi connectivity index (χ3v) is 5.25. The van der Waals surface area contributed by atoms with Crippen LogP contribution >= 0.6 is 0 Å². The second-order valence-electron chi connectivity index (χ2n) is 7.70. The van der Waals surface area contributed by atoms with Gasteiger partial charge in [0.15, 0.2) is 0 Å². The average Bonchev–Trinajstić information content (AvgIpc) is 2.90. The van der Waals surface area contributed by atoms with Crippen LogP contribution in [0.4, 0.5) is 0 Å². The zero-order valence-electron chi connectivity index (χ0n) is 15.0. The Morgan fingerprint density at radius 1 is 1.08 bits per heavy atom. The van der Waals surface area contributed by atoms with Gasteiger partial charge in [-0.1, -0.05) is 30.3 Å². The summed E-state index contributed by atoms with van der Waals surface area (Å²) in [4.78, 5) is 4.72. The Kier molecular flexibility index (Phi) is 4.12. The highest BCUT2D eigenvalue weighted by molar-refractivity contribution is 5.95. The minimum Gasteiger partial charge on any atom is -0.475 e. The quantitative estimate of drug-likeness (QED) is 0.925. The molecule has 0 saturated carbocycles. The van der Waals surface area contributed by atoms with Crippen molar-refractivity contribution in [3.05, 3.63) is 70.3 Å². The van der Waals surface area contributed by atoms with Crippen molar-refractivity contribution >= 4 is 5.90 Å². The number of hydrogen-bond acceptors (Lipinski definition) is 3. The summed E-state index contributed by atoms with van der Waals surface area (Å²) in [5.41, 5.74) is 6.32. The van der Waals surface area contributed by atoms with Crippen LogP contribution < -0.4 is 0 Å². The molecule has 130 valence electrons. The first kappa shape index (κ1) is 16.3. The maximum Gasteiger partial charge on any atom is 0.216 e. The zero-order valence-corrected chi connectivity index (χ0v) is 15.0. The molecule has 0 aromatic heterocycles. The molecule has 1 N–H and O–H groups in total. The average molecular weight is 335 g/mol. The van der Waals surface area contributed by atoms with Gasteiger partial charge in [-0.05, 0) is 67.5 Å². The zero-order chi connectivity index (χ0) is 17.4. The summed E-state index contributed by atoms with van der Waals surface area (Å²) in [5, 5.41) is 9.66. The van der Waals surface area contributed by atoms with Crippen LogP contribution in [-0.2, 0) is 17.6 Å². The molecule has 3 nitrogen and oxygen atoms in total. The van der Waals surface area contributed by atoms with Crippen molar-refractivity contribution in [3.63, 3.8) is 0 Å². The fourth-order valence-corrected chi connectivity index (χ4v) is 3.99. The topological polar surface area (TPSA) is 41.8 Å². The van der Waals surface area contributed by atoms with Gasteiger partial charge in [-0.15, -0.1) is 0 Å². The fraction of sp³-hybridized carbons (Fsp3) is 0.409. The molecule has 1 atom stereocenters. The van der Waals surface area contributed by atoms with Gasteiger partial charge in [0.2, 0.25) is 5.90 Å². The van der Waals surface area contributed by atoms with E-state index in [4.69, 9.17) is 9.73 Å². The second-order valence-corrected chi connectivity index (χ2v) is 7.70. The van der Waals surface area contributed by atoms with Gasteiger partial charge in [-0.25, -0.2) is 4.99 Å². The molecule has 2 aromatic carbocycles. The molecular weight excluding hydrogens is 310 g/mol. The van der Waals surface area contributed by atoms with Gasteiger partial charge in [0.25, 0.3) is 0 Å². The number of fused-ring (bicyclic) bond motifs is 2. The van der Waals surface area contributed by atoms with Crippen molar-refractivity contribution in [2.75, 3.05) is 13.2 Å². The van der Waals surface area contributed by atoms with Crippen LogP contribution in [0.1, 0.15) is 54.0 Å². The first-order chi connectivity index (χ1) is 12.1. The van der Waals surface area contributed by atoms with Gasteiger partial charge >= 0.3 is 0 Å². The number of ether oxygens (including phenoxy) is 1. The molecule has 0 amide bonds. The van der Waals surface area contributed by atoms with E-state index in [2.05, 4.69) is 56.3 Å². The standard InChI is InChI=1S/C22H25NO2/c1-22(2)14-25-21(23-22)17-10-9-16-8-7-15-5-3-4-6-18(15)19(11-12-24)20(16)13-17/h3-6,9-10,13,19,24H,7-8,11-12,14H2,1-2H3. The second kappa shape index (κ2) is 6.30. The Morgan fingerprint density at radius 3 is 2.56 bits per heavy atom. The molecule has 2 aromatic rings. The van der Waals surface area contributed by atoms with Gasteiger partial charge in [0.05, 0.1) is 5.54 Å².